The van der Waals surface area contributed by atoms with Crippen LogP contribution in [0.15, 0.2) is 29.4 Å². The molecule has 0 saturated carbocycles. The monoisotopic (exact) mass is 377 g/mol. The van der Waals surface area contributed by atoms with E-state index in [1.807, 2.05) is 30.5 Å². The third-order valence-corrected chi connectivity index (χ3v) is 4.45. The van der Waals surface area contributed by atoms with E-state index in [2.05, 4.69) is 15.5 Å². The van der Waals surface area contributed by atoms with Gasteiger partial charge in [-0.2, -0.15) is 0 Å². The Kier molecular flexibility index (Phi) is 7.46. The summed E-state index contributed by atoms with van der Waals surface area (Å²) in [5, 5.41) is 11.7. The van der Waals surface area contributed by atoms with Crippen LogP contribution in [0.4, 0.5) is 5.69 Å². The van der Waals surface area contributed by atoms with Gasteiger partial charge in [0.25, 0.3) is 0 Å². The van der Waals surface area contributed by atoms with Crippen LogP contribution in [-0.2, 0) is 22.6 Å². The summed E-state index contributed by atoms with van der Waals surface area (Å²) >= 11 is 1.30. The Morgan fingerprint density at radius 3 is 2.58 bits per heavy atom. The largest absolute Gasteiger partial charge is 0.494 e. The number of anilines is 1. The van der Waals surface area contributed by atoms with Crippen molar-refractivity contribution < 1.29 is 14.3 Å². The highest BCUT2D eigenvalue weighted by molar-refractivity contribution is 7.99. The molecule has 0 aliphatic rings. The Balaban J connectivity index is 1.89. The van der Waals surface area contributed by atoms with Gasteiger partial charge in [-0.1, -0.05) is 11.8 Å². The Labute approximate surface area is 156 Å². The molecule has 26 heavy (non-hydrogen) atoms. The quantitative estimate of drug-likeness (QED) is 0.611. The van der Waals surface area contributed by atoms with E-state index in [1.165, 1.54) is 11.8 Å². The Morgan fingerprint density at radius 2 is 1.96 bits per heavy atom. The van der Waals surface area contributed by atoms with Gasteiger partial charge in [0.05, 0.1) is 12.4 Å². The molecule has 0 aliphatic carbocycles. The number of primary amides is 1. The summed E-state index contributed by atoms with van der Waals surface area (Å²) < 4.78 is 7.26. The van der Waals surface area contributed by atoms with E-state index in [9.17, 15) is 9.59 Å². The Morgan fingerprint density at radius 1 is 1.23 bits per heavy atom. The first-order valence-electron chi connectivity index (χ1n) is 8.39. The molecule has 0 fully saturated rings. The van der Waals surface area contributed by atoms with E-state index in [1.54, 1.807) is 12.1 Å². The summed E-state index contributed by atoms with van der Waals surface area (Å²) in [5.41, 5.74) is 5.88. The molecule has 0 radical (unpaired) electrons. The maximum Gasteiger partial charge on any atom is 0.234 e. The molecule has 9 heteroatoms. The lowest BCUT2D eigenvalue weighted by molar-refractivity contribution is -0.118. The number of aryl methyl sites for hydroxylation is 1. The second-order valence-electron chi connectivity index (χ2n) is 5.40. The van der Waals surface area contributed by atoms with E-state index in [-0.39, 0.29) is 24.0 Å². The first-order chi connectivity index (χ1) is 12.5. The average Bonchev–Trinajstić information content (AvgIpc) is 3.02. The number of rotatable bonds is 10. The molecule has 8 nitrogen and oxygen atoms in total. The summed E-state index contributed by atoms with van der Waals surface area (Å²) in [5.74, 6) is 1.16. The zero-order valence-electron chi connectivity index (χ0n) is 14.9. The zero-order chi connectivity index (χ0) is 18.9. The van der Waals surface area contributed by atoms with Crippen LogP contribution < -0.4 is 15.8 Å². The van der Waals surface area contributed by atoms with Gasteiger partial charge >= 0.3 is 0 Å². The number of nitrogens with two attached hydrogens (primary N) is 1. The number of nitrogens with one attached hydrogen (secondary N) is 1. The van der Waals surface area contributed by atoms with Crippen molar-refractivity contribution in [1.29, 1.82) is 0 Å². The molecular formula is C17H23N5O3S. The minimum absolute atomic E-state index is 0.136. The number of thioether (sulfide) groups is 1. The predicted molar refractivity (Wildman–Crippen MR) is 100 cm³/mol. The molecule has 0 atom stereocenters. The maximum absolute atomic E-state index is 12.1. The lowest BCUT2D eigenvalue weighted by Crippen LogP contribution is -2.15. The number of amides is 2. The van der Waals surface area contributed by atoms with Crippen molar-refractivity contribution in [3.05, 3.63) is 30.1 Å². The first kappa shape index (κ1) is 19.8. The van der Waals surface area contributed by atoms with E-state index in [0.29, 0.717) is 36.2 Å². The van der Waals surface area contributed by atoms with E-state index in [4.69, 9.17) is 10.5 Å². The van der Waals surface area contributed by atoms with Crippen LogP contribution in [0.1, 0.15) is 26.1 Å². The molecule has 1 aromatic heterocycles. The highest BCUT2D eigenvalue weighted by Crippen LogP contribution is 2.19. The van der Waals surface area contributed by atoms with Crippen molar-refractivity contribution >= 4 is 29.3 Å². The lowest BCUT2D eigenvalue weighted by atomic mass is 10.3. The molecular weight excluding hydrogens is 354 g/mol. The summed E-state index contributed by atoms with van der Waals surface area (Å²) in [4.78, 5) is 23.1. The molecule has 0 bridgehead atoms. The zero-order valence-corrected chi connectivity index (χ0v) is 15.7. The normalized spacial score (nSPS) is 10.5. The molecule has 1 heterocycles. The van der Waals surface area contributed by atoms with Crippen LogP contribution in [0, 0.1) is 0 Å². The smallest absolute Gasteiger partial charge is 0.234 e. The van der Waals surface area contributed by atoms with E-state index in [0.717, 1.165) is 5.75 Å². The fraction of sp³-hybridized carbons (Fsp3) is 0.412. The topological polar surface area (TPSA) is 112 Å². The number of carbonyl (C=O) groups excluding carboxylic acids is 2. The number of benzene rings is 1. The summed E-state index contributed by atoms with van der Waals surface area (Å²) in [6.07, 6.45) is 0.663. The molecule has 0 aliphatic heterocycles. The van der Waals surface area contributed by atoms with Gasteiger partial charge < -0.3 is 20.4 Å². The Hall–Kier alpha value is -2.55. The highest BCUT2D eigenvalue weighted by atomic mass is 32.2. The number of aromatic nitrogens is 3. The lowest BCUT2D eigenvalue weighted by Gasteiger charge is -2.08. The summed E-state index contributed by atoms with van der Waals surface area (Å²) in [7, 11) is 0. The Bertz CT molecular complexity index is 745. The second-order valence-corrected chi connectivity index (χ2v) is 6.35. The second kappa shape index (κ2) is 9.81. The minimum atomic E-state index is -0.375. The number of hydrogen-bond acceptors (Lipinski definition) is 6. The van der Waals surface area contributed by atoms with Crippen LogP contribution in [0.3, 0.4) is 0 Å². The molecule has 2 rings (SSSR count). The molecule has 0 unspecified atom stereocenters. The van der Waals surface area contributed by atoms with Crippen LogP contribution >= 0.6 is 11.8 Å². The van der Waals surface area contributed by atoms with Gasteiger partial charge in [-0.05, 0) is 38.1 Å². The van der Waals surface area contributed by atoms with E-state index < -0.39 is 0 Å². The number of ether oxygens (including phenoxy) is 1. The van der Waals surface area contributed by atoms with Gasteiger partial charge in [-0.15, -0.1) is 10.2 Å². The number of carbonyl (C=O) groups is 2. The maximum atomic E-state index is 12.1. The molecule has 140 valence electrons. The third-order valence-electron chi connectivity index (χ3n) is 3.49. The predicted octanol–water partition coefficient (Wildman–Crippen LogP) is 1.85. The van der Waals surface area contributed by atoms with Crippen LogP contribution in [-0.4, -0.2) is 38.9 Å². The van der Waals surface area contributed by atoms with Crippen molar-refractivity contribution in [2.24, 2.45) is 5.73 Å². The summed E-state index contributed by atoms with van der Waals surface area (Å²) in [6, 6.07) is 7.21. The van der Waals surface area contributed by atoms with Gasteiger partial charge in [0.2, 0.25) is 11.8 Å². The minimum Gasteiger partial charge on any atom is -0.494 e. The number of nitrogens with zero attached hydrogens (tertiary/aromatic N) is 3. The number of hydrogen-bond donors (Lipinski definition) is 2. The van der Waals surface area contributed by atoms with Gasteiger partial charge in [0.15, 0.2) is 5.16 Å². The average molecular weight is 377 g/mol. The van der Waals surface area contributed by atoms with Gasteiger partial charge in [0.1, 0.15) is 11.6 Å². The molecule has 3 N–H and O–H groups in total. The molecule has 0 saturated heterocycles. The fourth-order valence-corrected chi connectivity index (χ4v) is 3.11. The van der Waals surface area contributed by atoms with Crippen molar-refractivity contribution in [1.82, 2.24) is 14.8 Å². The van der Waals surface area contributed by atoms with Crippen LogP contribution in [0.2, 0.25) is 0 Å². The molecule has 2 amide bonds. The van der Waals surface area contributed by atoms with Crippen molar-refractivity contribution in [3.63, 3.8) is 0 Å². The molecule has 0 spiro atoms. The van der Waals surface area contributed by atoms with Crippen LogP contribution in [0.5, 0.6) is 5.75 Å². The SMILES string of the molecule is CCOc1ccc(NC(=O)CSc2nnc(CCC(N)=O)n2CC)cc1. The molecule has 1 aromatic carbocycles. The van der Waals surface area contributed by atoms with Crippen molar-refractivity contribution in [3.8, 4) is 5.75 Å². The standard InChI is InChI=1S/C17H23N5O3S/c1-3-22-15(10-9-14(18)23)20-21-17(22)26-11-16(24)19-12-5-7-13(8-6-12)25-4-2/h5-8H,3-4,9-11H2,1-2H3,(H2,18,23)(H,19,24). The summed E-state index contributed by atoms with van der Waals surface area (Å²) in [6.45, 7) is 5.13. The van der Waals surface area contributed by atoms with Crippen molar-refractivity contribution in [2.75, 3.05) is 17.7 Å². The van der Waals surface area contributed by atoms with Gasteiger partial charge in [-0.3, -0.25) is 9.59 Å². The van der Waals surface area contributed by atoms with Crippen LogP contribution in [0.25, 0.3) is 0 Å². The third kappa shape index (κ3) is 5.76. The van der Waals surface area contributed by atoms with Gasteiger partial charge in [0, 0.05) is 25.1 Å². The highest BCUT2D eigenvalue weighted by Gasteiger charge is 2.14. The first-order valence-corrected chi connectivity index (χ1v) is 9.38. The fourth-order valence-electron chi connectivity index (χ4n) is 2.29. The molecule has 2 aromatic rings. The van der Waals surface area contributed by atoms with Crippen molar-refractivity contribution in [2.45, 2.75) is 38.4 Å². The van der Waals surface area contributed by atoms with Gasteiger partial charge in [-0.25, -0.2) is 0 Å². The van der Waals surface area contributed by atoms with E-state index >= 15 is 0 Å².